The lowest BCUT2D eigenvalue weighted by Gasteiger charge is -2.48. The summed E-state index contributed by atoms with van der Waals surface area (Å²) in [5, 5.41) is 7.87. The van der Waals surface area contributed by atoms with Gasteiger partial charge in [0, 0.05) is 18.7 Å². The van der Waals surface area contributed by atoms with Gasteiger partial charge in [-0.3, -0.25) is 4.28 Å². The van der Waals surface area contributed by atoms with E-state index in [4.69, 9.17) is 0 Å². The summed E-state index contributed by atoms with van der Waals surface area (Å²) in [6.07, 6.45) is 4.69. The van der Waals surface area contributed by atoms with E-state index in [1.54, 1.807) is 25.1 Å². The van der Waals surface area contributed by atoms with Gasteiger partial charge in [-0.25, -0.2) is 12.7 Å². The monoisotopic (exact) mass is 559 g/mol. The highest BCUT2D eigenvalue weighted by Crippen LogP contribution is 2.53. The zero-order chi connectivity index (χ0) is 27.9. The molecule has 1 aliphatic carbocycles. The molecule has 2 fully saturated rings. The Hall–Kier alpha value is -2.10. The normalized spacial score (nSPS) is 22.7. The van der Waals surface area contributed by atoms with Gasteiger partial charge in [0.15, 0.2) is 5.71 Å². The number of benzene rings is 1. The second kappa shape index (κ2) is 10.2. The number of hydrogen-bond acceptors (Lipinski definition) is 7. The number of sulfonamides is 1. The van der Waals surface area contributed by atoms with Crippen LogP contribution in [0.5, 0.6) is 0 Å². The topological polar surface area (TPSA) is 117 Å². The molecule has 1 saturated carbocycles. The van der Waals surface area contributed by atoms with Crippen molar-refractivity contribution in [2.24, 2.45) is 22.4 Å². The lowest BCUT2D eigenvalue weighted by Crippen LogP contribution is -2.62. The van der Waals surface area contributed by atoms with Crippen LogP contribution in [0.2, 0.25) is 0 Å². The number of rotatable bonds is 8. The van der Waals surface area contributed by atoms with E-state index in [-0.39, 0.29) is 24.6 Å². The van der Waals surface area contributed by atoms with Crippen molar-refractivity contribution < 1.29 is 29.9 Å². The molecule has 2 aliphatic rings. The Kier molecular flexibility index (Phi) is 8.14. The highest BCUT2D eigenvalue weighted by molar-refractivity contribution is 7.90. The molecule has 0 N–H and O–H groups in total. The summed E-state index contributed by atoms with van der Waals surface area (Å²) in [6, 6.07) is 7.85. The molecule has 0 spiro atoms. The number of nitrogens with zero attached hydrogens (tertiary/aromatic N) is 3. The molecule has 2 unspecified atom stereocenters. The lowest BCUT2D eigenvalue weighted by molar-refractivity contribution is -0.0559. The van der Waals surface area contributed by atoms with Gasteiger partial charge in [0.05, 0.1) is 10.2 Å². The van der Waals surface area contributed by atoms with Crippen LogP contribution >= 0.6 is 0 Å². The fraction of sp³-hybridized carbons (Fsp3) is 0.680. The molecule has 0 aromatic heterocycles. The predicted molar refractivity (Wildman–Crippen MR) is 137 cm³/mol. The molecule has 12 heteroatoms. The van der Waals surface area contributed by atoms with Crippen molar-refractivity contribution in [3.05, 3.63) is 35.4 Å². The smallest absolute Gasteiger partial charge is 0.263 e. The second-order valence-corrected chi connectivity index (χ2v) is 15.1. The molecule has 1 aromatic rings. The third-order valence-electron chi connectivity index (χ3n) is 8.44. The van der Waals surface area contributed by atoms with E-state index < -0.39 is 41.3 Å². The molecule has 206 valence electrons. The number of halogens is 2. The van der Waals surface area contributed by atoms with Crippen LogP contribution in [-0.2, 0) is 24.4 Å². The van der Waals surface area contributed by atoms with Crippen molar-refractivity contribution >= 4 is 25.9 Å². The molecular formula is C25H35F2N3O5S2. The van der Waals surface area contributed by atoms with Gasteiger partial charge < -0.3 is 0 Å². The number of piperidine rings is 1. The lowest BCUT2D eigenvalue weighted by atomic mass is 9.76. The maximum Gasteiger partial charge on any atom is 0.395 e. The van der Waals surface area contributed by atoms with Gasteiger partial charge in [-0.15, -0.1) is 0 Å². The number of aryl methyl sites for hydroxylation is 1. The number of alkyl halides is 2. The summed E-state index contributed by atoms with van der Waals surface area (Å²) in [5.41, 5.74) is -2.11. The summed E-state index contributed by atoms with van der Waals surface area (Å²) in [6.45, 7) is 6.28. The second-order valence-electron chi connectivity index (χ2n) is 11.1. The third kappa shape index (κ3) is 5.14. The maximum absolute atomic E-state index is 15.7. The summed E-state index contributed by atoms with van der Waals surface area (Å²) in [7, 11) is -10.1. The molecule has 1 saturated heterocycles. The van der Waals surface area contributed by atoms with Crippen molar-refractivity contribution in [2.45, 2.75) is 76.7 Å². The Labute approximate surface area is 218 Å². The van der Waals surface area contributed by atoms with Gasteiger partial charge in [-0.05, 0) is 45.4 Å². The summed E-state index contributed by atoms with van der Waals surface area (Å²) in [4.78, 5) is 0. The number of fused-ring (bicyclic) bond motifs is 1. The first-order valence-electron chi connectivity index (χ1n) is 12.4. The van der Waals surface area contributed by atoms with Crippen LogP contribution in [0.3, 0.4) is 0 Å². The average Bonchev–Trinajstić information content (AvgIpc) is 2.84. The molecule has 1 aliphatic heterocycles. The average molecular weight is 560 g/mol. The van der Waals surface area contributed by atoms with Crippen LogP contribution in [0.4, 0.5) is 8.78 Å². The van der Waals surface area contributed by atoms with Crippen molar-refractivity contribution in [3.63, 3.8) is 0 Å². The van der Waals surface area contributed by atoms with Crippen LogP contribution in [0, 0.1) is 35.5 Å². The van der Waals surface area contributed by atoms with Gasteiger partial charge in [-0.1, -0.05) is 68.1 Å². The molecule has 1 heterocycles. The van der Waals surface area contributed by atoms with E-state index in [2.05, 4.69) is 9.44 Å². The van der Waals surface area contributed by atoms with E-state index >= 15 is 8.78 Å². The van der Waals surface area contributed by atoms with Crippen LogP contribution in [0.1, 0.15) is 70.9 Å². The third-order valence-corrected chi connectivity index (χ3v) is 12.7. The van der Waals surface area contributed by atoms with E-state index in [1.165, 1.54) is 16.4 Å². The minimum atomic E-state index is -5.79. The number of hydrogen-bond donors (Lipinski definition) is 0. The summed E-state index contributed by atoms with van der Waals surface area (Å²) < 4.78 is 87.7. The Morgan fingerprint density at radius 2 is 1.59 bits per heavy atom. The van der Waals surface area contributed by atoms with E-state index in [9.17, 15) is 22.1 Å². The van der Waals surface area contributed by atoms with Crippen LogP contribution in [0.25, 0.3) is 0 Å². The van der Waals surface area contributed by atoms with Crippen molar-refractivity contribution in [3.8, 4) is 6.07 Å². The number of nitriles is 1. The summed E-state index contributed by atoms with van der Waals surface area (Å²) >= 11 is 0. The van der Waals surface area contributed by atoms with Gasteiger partial charge >= 0.3 is 15.4 Å². The van der Waals surface area contributed by atoms with E-state index in [1.807, 2.05) is 0 Å². The van der Waals surface area contributed by atoms with Gasteiger partial charge in [0.1, 0.15) is 6.07 Å². The minimum absolute atomic E-state index is 0.171. The highest BCUT2D eigenvalue weighted by atomic mass is 32.2. The Balaban J connectivity index is 1.89. The van der Waals surface area contributed by atoms with Gasteiger partial charge in [-0.2, -0.15) is 22.5 Å². The first kappa shape index (κ1) is 29.5. The van der Waals surface area contributed by atoms with Crippen molar-refractivity contribution in [1.29, 1.82) is 5.26 Å². The molecular weight excluding hydrogens is 524 g/mol. The van der Waals surface area contributed by atoms with Gasteiger partial charge in [0.25, 0.3) is 0 Å². The first-order chi connectivity index (χ1) is 17.0. The summed E-state index contributed by atoms with van der Waals surface area (Å²) in [5.74, 6) is 0.594. The fourth-order valence-corrected chi connectivity index (χ4v) is 8.44. The number of oxime groups is 1. The van der Waals surface area contributed by atoms with Crippen molar-refractivity contribution in [1.82, 2.24) is 4.31 Å². The van der Waals surface area contributed by atoms with Crippen LogP contribution in [-0.4, -0.2) is 49.9 Å². The molecule has 8 nitrogen and oxygen atoms in total. The quantitative estimate of drug-likeness (QED) is 0.333. The SMILES string of the molecule is Cc1ccc(C(C#N)=NOS(=O)(=O)C(F)(F)C(C)(C)C(C)(C)S(=O)(=O)N2CCC3CCCCC3C2)cc1. The zero-order valence-corrected chi connectivity index (χ0v) is 23.5. The Morgan fingerprint density at radius 1 is 1.03 bits per heavy atom. The van der Waals surface area contributed by atoms with Crippen LogP contribution in [0.15, 0.2) is 29.4 Å². The standard InChI is InChI=1S/C25H35F2N3O5S2/c1-18-10-12-20(13-11-18)22(16-28)29-35-37(33,34)25(26,27)23(2,3)24(4,5)36(31,32)30-15-14-19-8-6-7-9-21(19)17-30/h10-13,19,21H,6-9,14-15,17H2,1-5H3. The predicted octanol–water partition coefficient (Wildman–Crippen LogP) is 4.81. The highest BCUT2D eigenvalue weighted by Gasteiger charge is 2.69. The minimum Gasteiger partial charge on any atom is -0.263 e. The van der Waals surface area contributed by atoms with Gasteiger partial charge in [0.2, 0.25) is 10.0 Å². The van der Waals surface area contributed by atoms with Crippen LogP contribution < -0.4 is 0 Å². The van der Waals surface area contributed by atoms with E-state index in [0.717, 1.165) is 58.9 Å². The first-order valence-corrected chi connectivity index (χ1v) is 15.2. The zero-order valence-electron chi connectivity index (χ0n) is 21.9. The fourth-order valence-electron chi connectivity index (χ4n) is 5.08. The Bertz CT molecular complexity index is 1280. The maximum atomic E-state index is 15.7. The molecule has 0 bridgehead atoms. The largest absolute Gasteiger partial charge is 0.395 e. The molecule has 2 atom stereocenters. The molecule has 0 amide bonds. The molecule has 3 rings (SSSR count). The van der Waals surface area contributed by atoms with Crippen molar-refractivity contribution in [2.75, 3.05) is 13.1 Å². The molecule has 1 aromatic carbocycles. The molecule has 0 radical (unpaired) electrons. The Morgan fingerprint density at radius 3 is 2.16 bits per heavy atom. The van der Waals surface area contributed by atoms with E-state index in [0.29, 0.717) is 12.3 Å². The molecule has 37 heavy (non-hydrogen) atoms.